The van der Waals surface area contributed by atoms with Crippen molar-refractivity contribution in [1.82, 2.24) is 0 Å². The summed E-state index contributed by atoms with van der Waals surface area (Å²) in [6, 6.07) is 0. The number of carbonyl (C=O) groups excluding carboxylic acids is 1. The number of aliphatic hydroxyl groups excluding tert-OH is 2. The van der Waals surface area contributed by atoms with Gasteiger partial charge in [-0.1, -0.05) is 42.4 Å². The van der Waals surface area contributed by atoms with E-state index in [-0.39, 0.29) is 5.78 Å². The van der Waals surface area contributed by atoms with Crippen LogP contribution < -0.4 is 0 Å². The molecule has 0 aliphatic heterocycles. The summed E-state index contributed by atoms with van der Waals surface area (Å²) in [5.41, 5.74) is 1.86. The molecule has 0 aromatic rings. The molecule has 0 saturated carbocycles. The van der Waals surface area contributed by atoms with Crippen LogP contribution in [0.2, 0.25) is 0 Å². The molecule has 4 nitrogen and oxygen atoms in total. The van der Waals surface area contributed by atoms with E-state index >= 15 is 0 Å². The zero-order valence-corrected chi connectivity index (χ0v) is 13.7. The van der Waals surface area contributed by atoms with Gasteiger partial charge in [0.05, 0.1) is 6.10 Å². The molecular weight excluding hydrogens is 280 g/mol. The Morgan fingerprint density at radius 3 is 2.50 bits per heavy atom. The van der Waals surface area contributed by atoms with Crippen LogP contribution in [0.25, 0.3) is 0 Å². The second-order valence-electron chi connectivity index (χ2n) is 6.26. The van der Waals surface area contributed by atoms with Crippen LogP contribution in [0.3, 0.4) is 0 Å². The minimum atomic E-state index is -1.53. The van der Waals surface area contributed by atoms with Crippen molar-refractivity contribution in [3.8, 4) is 0 Å². The molecule has 1 aliphatic rings. The van der Waals surface area contributed by atoms with E-state index in [4.69, 9.17) is 0 Å². The zero-order valence-electron chi connectivity index (χ0n) is 13.7. The summed E-state index contributed by atoms with van der Waals surface area (Å²) < 4.78 is 0. The van der Waals surface area contributed by atoms with Gasteiger partial charge in [0.25, 0.3) is 0 Å². The first-order valence-corrected chi connectivity index (χ1v) is 7.45. The van der Waals surface area contributed by atoms with Crippen LogP contribution in [0, 0.1) is 5.41 Å². The number of hydrogen-bond acceptors (Lipinski definition) is 4. The van der Waals surface area contributed by atoms with E-state index in [1.54, 1.807) is 13.0 Å². The van der Waals surface area contributed by atoms with Crippen molar-refractivity contribution in [2.24, 2.45) is 5.41 Å². The molecule has 0 bridgehead atoms. The van der Waals surface area contributed by atoms with E-state index in [1.807, 2.05) is 32.1 Å². The van der Waals surface area contributed by atoms with E-state index in [9.17, 15) is 20.1 Å². The van der Waals surface area contributed by atoms with Gasteiger partial charge in [0, 0.05) is 5.41 Å². The third-order valence-electron chi connectivity index (χ3n) is 4.05. The molecule has 1 rings (SSSR count). The summed E-state index contributed by atoms with van der Waals surface area (Å²) in [5.74, 6) is -0.0103. The fourth-order valence-corrected chi connectivity index (χ4v) is 2.81. The number of ketones is 1. The molecule has 0 aromatic heterocycles. The van der Waals surface area contributed by atoms with Gasteiger partial charge in [0.2, 0.25) is 0 Å². The molecule has 0 amide bonds. The van der Waals surface area contributed by atoms with E-state index in [1.165, 1.54) is 13.0 Å². The van der Waals surface area contributed by atoms with Crippen molar-refractivity contribution in [3.05, 3.63) is 47.1 Å². The molecule has 3 N–H and O–H groups in total. The smallest absolute Gasteiger partial charge is 0.161 e. The number of aliphatic hydroxyl groups is 3. The quantitative estimate of drug-likeness (QED) is 0.414. The van der Waals surface area contributed by atoms with Gasteiger partial charge in [-0.05, 0) is 45.3 Å². The summed E-state index contributed by atoms with van der Waals surface area (Å²) in [6.45, 7) is 7.04. The van der Waals surface area contributed by atoms with Gasteiger partial charge in [-0.2, -0.15) is 0 Å². The lowest BCUT2D eigenvalue weighted by Crippen LogP contribution is -2.40. The lowest BCUT2D eigenvalue weighted by Gasteiger charge is -2.40. The van der Waals surface area contributed by atoms with Crippen LogP contribution in [0.1, 0.15) is 40.5 Å². The van der Waals surface area contributed by atoms with Gasteiger partial charge in [0.15, 0.2) is 12.1 Å². The summed E-state index contributed by atoms with van der Waals surface area (Å²) in [4.78, 5) is 10.8. The Morgan fingerprint density at radius 1 is 1.32 bits per heavy atom. The third kappa shape index (κ3) is 4.77. The molecule has 0 radical (unpaired) electrons. The zero-order chi connectivity index (χ0) is 16.9. The standard InChI is InChI=1S/C18H26O4/c1-12(6-5-7-14(3)19)8-9-16-13(2)10-15(20)11-18(16,4)17(21)22/h5-9,15,17,20-22H,10-11H2,1-4H3/b7-5+,9-8+,12-6+/t15?,18-/m0/s1. The molecule has 0 spiro atoms. The number of hydrogen-bond donors (Lipinski definition) is 3. The maximum Gasteiger partial charge on any atom is 0.161 e. The molecule has 0 heterocycles. The van der Waals surface area contributed by atoms with E-state index < -0.39 is 17.8 Å². The number of allylic oxidation sites excluding steroid dienone is 6. The molecular formula is C18H26O4. The van der Waals surface area contributed by atoms with Gasteiger partial charge in [-0.3, -0.25) is 4.79 Å². The second-order valence-corrected chi connectivity index (χ2v) is 6.26. The normalized spacial score (nSPS) is 27.5. The molecule has 1 aliphatic carbocycles. The molecule has 2 atom stereocenters. The summed E-state index contributed by atoms with van der Waals surface area (Å²) >= 11 is 0. The van der Waals surface area contributed by atoms with Gasteiger partial charge in [-0.25, -0.2) is 0 Å². The Hall–Kier alpha value is -1.49. The van der Waals surface area contributed by atoms with Crippen molar-refractivity contribution < 1.29 is 20.1 Å². The van der Waals surface area contributed by atoms with Gasteiger partial charge in [-0.15, -0.1) is 0 Å². The Bertz CT molecular complexity index is 537. The summed E-state index contributed by atoms with van der Waals surface area (Å²) in [5, 5.41) is 29.3. The lowest BCUT2D eigenvalue weighted by molar-refractivity contribution is -0.127. The Labute approximate surface area is 132 Å². The topological polar surface area (TPSA) is 77.8 Å². The largest absolute Gasteiger partial charge is 0.393 e. The van der Waals surface area contributed by atoms with Gasteiger partial charge >= 0.3 is 0 Å². The van der Waals surface area contributed by atoms with Gasteiger partial charge in [0.1, 0.15) is 0 Å². The van der Waals surface area contributed by atoms with Crippen molar-refractivity contribution in [1.29, 1.82) is 0 Å². The van der Waals surface area contributed by atoms with E-state index in [0.29, 0.717) is 12.8 Å². The maximum atomic E-state index is 10.8. The van der Waals surface area contributed by atoms with Gasteiger partial charge < -0.3 is 15.3 Å². The molecule has 1 unspecified atom stereocenters. The highest BCUT2D eigenvalue weighted by molar-refractivity contribution is 5.87. The first-order valence-electron chi connectivity index (χ1n) is 7.45. The van der Waals surface area contributed by atoms with Crippen LogP contribution in [0.4, 0.5) is 0 Å². The maximum absolute atomic E-state index is 10.8. The lowest BCUT2D eigenvalue weighted by atomic mass is 9.69. The van der Waals surface area contributed by atoms with Crippen molar-refractivity contribution >= 4 is 5.78 Å². The predicted octanol–water partition coefficient (Wildman–Crippen LogP) is 2.42. The van der Waals surface area contributed by atoms with Crippen LogP contribution in [0.5, 0.6) is 0 Å². The van der Waals surface area contributed by atoms with Crippen LogP contribution in [0.15, 0.2) is 47.1 Å². The molecule has 0 fully saturated rings. The molecule has 4 heteroatoms. The summed E-state index contributed by atoms with van der Waals surface area (Å²) in [6.07, 6.45) is 7.50. The fourth-order valence-electron chi connectivity index (χ4n) is 2.81. The number of rotatable bonds is 5. The SMILES string of the molecule is CC(=O)/C=C/C=C(C)/C=C/C1=C(C)CC(O)C[C@]1(C)C(O)O. The van der Waals surface area contributed by atoms with Crippen molar-refractivity contribution in [2.75, 3.05) is 0 Å². The van der Waals surface area contributed by atoms with Crippen LogP contribution in [-0.4, -0.2) is 33.5 Å². The molecule has 22 heavy (non-hydrogen) atoms. The first kappa shape index (κ1) is 18.6. The summed E-state index contributed by atoms with van der Waals surface area (Å²) in [7, 11) is 0. The van der Waals surface area contributed by atoms with Crippen molar-refractivity contribution in [2.45, 2.75) is 52.9 Å². The average Bonchev–Trinajstić information content (AvgIpc) is 2.36. The average molecular weight is 306 g/mol. The highest BCUT2D eigenvalue weighted by Gasteiger charge is 2.40. The van der Waals surface area contributed by atoms with E-state index in [2.05, 4.69) is 0 Å². The van der Waals surface area contributed by atoms with Crippen molar-refractivity contribution in [3.63, 3.8) is 0 Å². The molecule has 122 valence electrons. The molecule has 0 saturated heterocycles. The number of carbonyl (C=O) groups is 1. The second kappa shape index (κ2) is 7.68. The minimum Gasteiger partial charge on any atom is -0.393 e. The van der Waals surface area contributed by atoms with Crippen LogP contribution in [-0.2, 0) is 4.79 Å². The Kier molecular flexibility index (Phi) is 6.48. The molecule has 0 aromatic carbocycles. The first-order chi connectivity index (χ1) is 10.2. The van der Waals surface area contributed by atoms with E-state index in [0.717, 1.165) is 16.7 Å². The van der Waals surface area contributed by atoms with Crippen LogP contribution >= 0.6 is 0 Å². The highest BCUT2D eigenvalue weighted by Crippen LogP contribution is 2.43. The minimum absolute atomic E-state index is 0.0103. The fraction of sp³-hybridized carbons (Fsp3) is 0.500. The predicted molar refractivity (Wildman–Crippen MR) is 87.0 cm³/mol. The monoisotopic (exact) mass is 306 g/mol. The highest BCUT2D eigenvalue weighted by atomic mass is 16.5. The third-order valence-corrected chi connectivity index (χ3v) is 4.05. The Balaban J connectivity index is 3.04. The Morgan fingerprint density at radius 2 is 1.95 bits per heavy atom.